The van der Waals surface area contributed by atoms with E-state index in [0.29, 0.717) is 25.7 Å². The lowest BCUT2D eigenvalue weighted by atomic mass is 9.98. The Morgan fingerprint density at radius 1 is 0.479 bits per heavy atom. The van der Waals surface area contributed by atoms with E-state index in [-0.39, 0.29) is 25.9 Å². The lowest BCUT2D eigenvalue weighted by Gasteiger charge is -2.40. The number of ether oxygens (including phenoxy) is 5. The molecule has 71 heavy (non-hydrogen) atoms. The Morgan fingerprint density at radius 3 is 1.41 bits per heavy atom. The van der Waals surface area contributed by atoms with Gasteiger partial charge in [-0.25, -0.2) is 4.79 Å². The number of rotatable bonds is 46. The first kappa shape index (κ1) is 65.2. The maximum absolute atomic E-state index is 13.1. The van der Waals surface area contributed by atoms with E-state index in [1.807, 2.05) is 6.08 Å². The molecule has 6 atom stereocenters. The number of hydrogen-bond donors (Lipinski definition) is 3. The summed E-state index contributed by atoms with van der Waals surface area (Å²) in [6.07, 6.45) is 46.2. The lowest BCUT2D eigenvalue weighted by molar-refractivity contribution is -0.301. The van der Waals surface area contributed by atoms with Crippen molar-refractivity contribution in [3.63, 3.8) is 0 Å². The summed E-state index contributed by atoms with van der Waals surface area (Å²) in [7, 11) is 0. The largest absolute Gasteiger partial charge is 0.479 e. The third-order valence-electron chi connectivity index (χ3n) is 12.3. The van der Waals surface area contributed by atoms with Crippen molar-refractivity contribution in [2.45, 2.75) is 263 Å². The minimum absolute atomic E-state index is 0.0534. The normalized spacial score (nSPS) is 19.0. The summed E-state index contributed by atoms with van der Waals surface area (Å²) >= 11 is 0. The number of aliphatic carboxylic acids is 1. The quantitative estimate of drug-likeness (QED) is 0.0228. The molecule has 12 nitrogen and oxygen atoms in total. The molecule has 1 aliphatic heterocycles. The van der Waals surface area contributed by atoms with Crippen LogP contribution in [0.4, 0.5) is 0 Å². The molecule has 0 aliphatic carbocycles. The number of aliphatic hydroxyl groups excluding tert-OH is 2. The summed E-state index contributed by atoms with van der Waals surface area (Å²) in [5.74, 6) is -3.21. The molecular formula is C59H98O12. The molecular weight excluding hydrogens is 901 g/mol. The fourth-order valence-corrected chi connectivity index (χ4v) is 7.99. The molecule has 1 aliphatic rings. The second-order valence-electron chi connectivity index (χ2n) is 18.8. The van der Waals surface area contributed by atoms with Gasteiger partial charge in [0.2, 0.25) is 0 Å². The Bertz CT molecular complexity index is 1510. The number of aliphatic hydroxyl groups is 2. The van der Waals surface area contributed by atoms with Gasteiger partial charge in [-0.05, 0) is 83.5 Å². The summed E-state index contributed by atoms with van der Waals surface area (Å²) in [6.45, 7) is 5.77. The summed E-state index contributed by atoms with van der Waals surface area (Å²) in [4.78, 5) is 50.9. The van der Waals surface area contributed by atoms with Crippen molar-refractivity contribution >= 4 is 23.9 Å². The predicted octanol–water partition coefficient (Wildman–Crippen LogP) is 13.8. The Balaban J connectivity index is 2.74. The van der Waals surface area contributed by atoms with Crippen LogP contribution < -0.4 is 0 Å². The van der Waals surface area contributed by atoms with E-state index in [1.54, 1.807) is 0 Å². The Morgan fingerprint density at radius 2 is 0.901 bits per heavy atom. The van der Waals surface area contributed by atoms with Crippen molar-refractivity contribution in [2.24, 2.45) is 0 Å². The van der Waals surface area contributed by atoms with E-state index in [0.717, 1.165) is 96.3 Å². The highest BCUT2D eigenvalue weighted by atomic mass is 16.7. The molecule has 6 unspecified atom stereocenters. The van der Waals surface area contributed by atoms with Crippen LogP contribution in [-0.2, 0) is 42.9 Å². The van der Waals surface area contributed by atoms with E-state index in [2.05, 4.69) is 87.6 Å². The van der Waals surface area contributed by atoms with Crippen LogP contribution in [-0.4, -0.2) is 89.2 Å². The van der Waals surface area contributed by atoms with Gasteiger partial charge in [0.25, 0.3) is 0 Å². The van der Waals surface area contributed by atoms with Crippen LogP contribution in [0.3, 0.4) is 0 Å². The molecule has 0 amide bonds. The van der Waals surface area contributed by atoms with Crippen molar-refractivity contribution in [3.8, 4) is 0 Å². The Labute approximate surface area is 429 Å². The Hall–Kier alpha value is -3.84. The van der Waals surface area contributed by atoms with Gasteiger partial charge in [0, 0.05) is 19.3 Å². The van der Waals surface area contributed by atoms with E-state index in [9.17, 15) is 34.5 Å². The van der Waals surface area contributed by atoms with Gasteiger partial charge in [0.15, 0.2) is 24.6 Å². The monoisotopic (exact) mass is 999 g/mol. The van der Waals surface area contributed by atoms with Crippen molar-refractivity contribution in [1.82, 2.24) is 0 Å². The van der Waals surface area contributed by atoms with Gasteiger partial charge >= 0.3 is 23.9 Å². The zero-order valence-electron chi connectivity index (χ0n) is 44.4. The van der Waals surface area contributed by atoms with Gasteiger partial charge in [0.05, 0.1) is 6.61 Å². The van der Waals surface area contributed by atoms with E-state index in [4.69, 9.17) is 23.7 Å². The van der Waals surface area contributed by atoms with Crippen LogP contribution in [0.1, 0.15) is 226 Å². The fraction of sp³-hybridized carbons (Fsp3) is 0.729. The van der Waals surface area contributed by atoms with Crippen LogP contribution in [0.15, 0.2) is 72.9 Å². The first-order chi connectivity index (χ1) is 34.6. The van der Waals surface area contributed by atoms with E-state index >= 15 is 0 Å². The van der Waals surface area contributed by atoms with Gasteiger partial charge in [-0.15, -0.1) is 0 Å². The molecule has 1 rings (SSSR count). The minimum Gasteiger partial charge on any atom is -0.479 e. The fourth-order valence-electron chi connectivity index (χ4n) is 7.99. The number of hydrogen-bond acceptors (Lipinski definition) is 11. The van der Waals surface area contributed by atoms with E-state index < -0.39 is 67.3 Å². The van der Waals surface area contributed by atoms with Crippen LogP contribution in [0.25, 0.3) is 0 Å². The predicted molar refractivity (Wildman–Crippen MR) is 285 cm³/mol. The zero-order chi connectivity index (χ0) is 51.8. The van der Waals surface area contributed by atoms with Crippen LogP contribution in [0, 0.1) is 0 Å². The summed E-state index contributed by atoms with van der Waals surface area (Å²) in [6, 6.07) is 0. The SMILES string of the molecule is CC/C=C\C/C=C\C/C=C\C/C=C\C/C=C\CCCC(=O)OCC(COC1OC(C(=O)O)C(O)C(O)C1OC(=O)CCCCCCCCCCC)OC(=O)CCCCCCC/C=C\CCCCCCCC. The maximum Gasteiger partial charge on any atom is 0.335 e. The summed E-state index contributed by atoms with van der Waals surface area (Å²) in [5.41, 5.74) is 0. The van der Waals surface area contributed by atoms with E-state index in [1.165, 1.54) is 64.2 Å². The average Bonchev–Trinajstić information content (AvgIpc) is 3.35. The van der Waals surface area contributed by atoms with Gasteiger partial charge in [-0.2, -0.15) is 0 Å². The van der Waals surface area contributed by atoms with Gasteiger partial charge in [0.1, 0.15) is 18.8 Å². The zero-order valence-corrected chi connectivity index (χ0v) is 44.4. The molecule has 1 fully saturated rings. The smallest absolute Gasteiger partial charge is 0.335 e. The molecule has 0 aromatic rings. The van der Waals surface area contributed by atoms with Gasteiger partial charge in [-0.1, -0.05) is 196 Å². The molecule has 1 saturated heterocycles. The molecule has 406 valence electrons. The van der Waals surface area contributed by atoms with Crippen LogP contribution in [0.5, 0.6) is 0 Å². The Kier molecular flexibility index (Phi) is 43.3. The average molecular weight is 999 g/mol. The van der Waals surface area contributed by atoms with Crippen LogP contribution >= 0.6 is 0 Å². The van der Waals surface area contributed by atoms with Gasteiger partial charge < -0.3 is 39.0 Å². The number of carboxylic acid groups (broad SMARTS) is 1. The second kappa shape index (κ2) is 47.2. The first-order valence-electron chi connectivity index (χ1n) is 27.9. The first-order valence-corrected chi connectivity index (χ1v) is 27.9. The molecule has 0 bridgehead atoms. The number of unbranched alkanes of at least 4 members (excludes halogenated alkanes) is 20. The minimum atomic E-state index is -1.91. The molecule has 1 heterocycles. The highest BCUT2D eigenvalue weighted by Crippen LogP contribution is 2.26. The summed E-state index contributed by atoms with van der Waals surface area (Å²) in [5, 5.41) is 31.3. The topological polar surface area (TPSA) is 175 Å². The van der Waals surface area contributed by atoms with Crippen LogP contribution in [0.2, 0.25) is 0 Å². The molecule has 0 aromatic carbocycles. The number of carbonyl (C=O) groups excluding carboxylic acids is 3. The third kappa shape index (κ3) is 37.6. The number of carboxylic acids is 1. The second-order valence-corrected chi connectivity index (χ2v) is 18.8. The standard InChI is InChI=1S/C59H98O12/c1-4-7-10-13-16-19-21-23-25-26-28-29-31-34-36-39-42-45-51(60)67-48-50(69-52(61)46-43-40-38-35-32-30-27-24-22-20-17-14-11-8-5-2)49-68-59-57(55(64)54(63)56(71-59)58(65)66)70-53(62)47-44-41-37-33-18-15-12-9-6-3/h7,10,16,19,23-25,27-29,34,36,50,54-57,59,63-64H,4-6,8-9,11-15,17-18,20-22,26,30-33,35,37-49H2,1-3H3,(H,65,66)/b10-7-,19-16-,25-23-,27-24-,29-28-,36-34-. The molecule has 0 radical (unpaired) electrons. The number of esters is 3. The number of allylic oxidation sites excluding steroid dienone is 12. The molecule has 3 N–H and O–H groups in total. The van der Waals surface area contributed by atoms with Crippen molar-refractivity contribution in [3.05, 3.63) is 72.9 Å². The molecule has 0 aromatic heterocycles. The number of carbonyl (C=O) groups is 4. The highest BCUT2D eigenvalue weighted by molar-refractivity contribution is 5.74. The van der Waals surface area contributed by atoms with Crippen molar-refractivity contribution < 1.29 is 58.2 Å². The van der Waals surface area contributed by atoms with Gasteiger partial charge in [-0.3, -0.25) is 14.4 Å². The van der Waals surface area contributed by atoms with Crippen molar-refractivity contribution in [2.75, 3.05) is 13.2 Å². The maximum atomic E-state index is 13.1. The molecule has 0 saturated carbocycles. The summed E-state index contributed by atoms with van der Waals surface area (Å²) < 4.78 is 28.3. The third-order valence-corrected chi connectivity index (χ3v) is 12.3. The highest BCUT2D eigenvalue weighted by Gasteiger charge is 2.50. The molecule has 0 spiro atoms. The lowest BCUT2D eigenvalue weighted by Crippen LogP contribution is -2.61. The van der Waals surface area contributed by atoms with Crippen molar-refractivity contribution in [1.29, 1.82) is 0 Å². The molecule has 12 heteroatoms.